The molecule has 0 aliphatic rings. The van der Waals surface area contributed by atoms with Gasteiger partial charge >= 0.3 is 0 Å². The smallest absolute Gasteiger partial charge is 0.281 e. The summed E-state index contributed by atoms with van der Waals surface area (Å²) in [5.74, 6) is 11.5. The van der Waals surface area contributed by atoms with Crippen molar-refractivity contribution >= 4 is 22.6 Å². The molecule has 0 fully saturated rings. The highest BCUT2D eigenvalue weighted by molar-refractivity contribution is 5.81. The predicted octanol–water partition coefficient (Wildman–Crippen LogP) is -0.956. The number of nitrogens with two attached hydrogens (primary N) is 2. The highest BCUT2D eigenvalue weighted by Gasteiger charge is 2.13. The molecule has 1 aromatic carbocycles. The Bertz CT molecular complexity index is 772. The molecule has 0 saturated heterocycles. The Morgan fingerprint density at radius 2 is 2.00 bits per heavy atom. The summed E-state index contributed by atoms with van der Waals surface area (Å²) in [6.07, 6.45) is 0. The molecule has 0 radical (unpaired) electrons. The molecule has 0 spiro atoms. The molecule has 0 unspecified atom stereocenters. The van der Waals surface area contributed by atoms with E-state index in [4.69, 9.17) is 11.7 Å². The van der Waals surface area contributed by atoms with Crippen LogP contribution in [0, 0.1) is 0 Å². The van der Waals surface area contributed by atoms with Gasteiger partial charge in [-0.25, -0.2) is 10.2 Å². The number of rotatable bonds is 1. The quantitative estimate of drug-likeness (QED) is 0.367. The molecule has 2 aromatic heterocycles. The standard InChI is InChI=1S/C9H9N7O/c10-12-8-13-14-9-15(8)6-4-2-1-3-5(6)7(17)16(9)11/h1-4H,10-11H2,(H,12,13). The molecule has 3 aromatic rings. The molecule has 0 amide bonds. The normalized spacial score (nSPS) is 11.1. The van der Waals surface area contributed by atoms with E-state index in [1.54, 1.807) is 22.6 Å². The number of benzene rings is 1. The number of anilines is 1. The summed E-state index contributed by atoms with van der Waals surface area (Å²) in [6, 6.07) is 7.02. The van der Waals surface area contributed by atoms with Gasteiger partial charge in [-0.05, 0) is 12.1 Å². The minimum atomic E-state index is -0.330. The van der Waals surface area contributed by atoms with Crippen LogP contribution in [0.2, 0.25) is 0 Å². The van der Waals surface area contributed by atoms with Gasteiger partial charge in [-0.2, -0.15) is 4.68 Å². The summed E-state index contributed by atoms with van der Waals surface area (Å²) in [4.78, 5) is 11.9. The lowest BCUT2D eigenvalue weighted by Crippen LogP contribution is -2.29. The maximum Gasteiger partial charge on any atom is 0.281 e. The zero-order chi connectivity index (χ0) is 12.0. The lowest BCUT2D eigenvalue weighted by atomic mass is 10.2. The number of nitrogens with zero attached hydrogens (tertiary/aromatic N) is 4. The van der Waals surface area contributed by atoms with E-state index in [9.17, 15) is 4.79 Å². The fraction of sp³-hybridized carbons (Fsp3) is 0. The molecule has 5 N–H and O–H groups in total. The Balaban J connectivity index is 2.69. The number of nitrogens with one attached hydrogen (secondary N) is 1. The Kier molecular flexibility index (Phi) is 1.80. The molecule has 2 heterocycles. The Morgan fingerprint density at radius 3 is 2.76 bits per heavy atom. The number of nitrogen functional groups attached to an aromatic ring is 2. The molecule has 0 bridgehead atoms. The SMILES string of the molecule is NNc1nnc2n(N)c(=O)c3ccccc3n12. The van der Waals surface area contributed by atoms with Gasteiger partial charge in [0.05, 0.1) is 10.9 Å². The van der Waals surface area contributed by atoms with Crippen LogP contribution in [-0.2, 0) is 0 Å². The van der Waals surface area contributed by atoms with Crippen molar-refractivity contribution in [2.75, 3.05) is 11.3 Å². The van der Waals surface area contributed by atoms with E-state index in [0.717, 1.165) is 4.68 Å². The largest absolute Gasteiger partial charge is 0.333 e. The van der Waals surface area contributed by atoms with Crippen LogP contribution in [-0.4, -0.2) is 19.3 Å². The van der Waals surface area contributed by atoms with Crippen LogP contribution in [0.3, 0.4) is 0 Å². The van der Waals surface area contributed by atoms with Crippen molar-refractivity contribution in [3.63, 3.8) is 0 Å². The zero-order valence-corrected chi connectivity index (χ0v) is 8.66. The van der Waals surface area contributed by atoms with Crippen molar-refractivity contribution in [2.45, 2.75) is 0 Å². The van der Waals surface area contributed by atoms with Crippen molar-refractivity contribution in [3.8, 4) is 0 Å². The predicted molar refractivity (Wildman–Crippen MR) is 62.7 cm³/mol. The number of hydrogen-bond acceptors (Lipinski definition) is 6. The Hall–Kier alpha value is -2.61. The Morgan fingerprint density at radius 1 is 1.24 bits per heavy atom. The average Bonchev–Trinajstić information content (AvgIpc) is 2.80. The first-order chi connectivity index (χ1) is 8.24. The van der Waals surface area contributed by atoms with Gasteiger partial charge < -0.3 is 5.84 Å². The van der Waals surface area contributed by atoms with Gasteiger partial charge in [0, 0.05) is 0 Å². The van der Waals surface area contributed by atoms with E-state index in [1.807, 2.05) is 6.07 Å². The maximum atomic E-state index is 11.9. The lowest BCUT2D eigenvalue weighted by molar-refractivity contribution is 0.924. The summed E-state index contributed by atoms with van der Waals surface area (Å²) in [5, 5.41) is 8.08. The van der Waals surface area contributed by atoms with Crippen LogP contribution in [0.4, 0.5) is 5.95 Å². The third-order valence-corrected chi connectivity index (χ3v) is 2.58. The van der Waals surface area contributed by atoms with Gasteiger partial charge in [0.25, 0.3) is 11.3 Å². The summed E-state index contributed by atoms with van der Waals surface area (Å²) < 4.78 is 2.52. The van der Waals surface area contributed by atoms with E-state index >= 15 is 0 Å². The van der Waals surface area contributed by atoms with Crippen molar-refractivity contribution < 1.29 is 0 Å². The van der Waals surface area contributed by atoms with E-state index in [-0.39, 0.29) is 11.3 Å². The molecule has 8 heteroatoms. The molecular formula is C9H9N7O. The van der Waals surface area contributed by atoms with E-state index in [2.05, 4.69) is 15.6 Å². The monoisotopic (exact) mass is 231 g/mol. The lowest BCUT2D eigenvalue weighted by Gasteiger charge is -2.06. The molecule has 86 valence electrons. The van der Waals surface area contributed by atoms with Crippen LogP contribution < -0.4 is 22.7 Å². The number of para-hydroxylation sites is 1. The minimum Gasteiger partial charge on any atom is -0.333 e. The van der Waals surface area contributed by atoms with E-state index < -0.39 is 0 Å². The second-order valence-corrected chi connectivity index (χ2v) is 3.50. The van der Waals surface area contributed by atoms with Crippen molar-refractivity contribution in [1.29, 1.82) is 0 Å². The average molecular weight is 231 g/mol. The summed E-state index contributed by atoms with van der Waals surface area (Å²) in [5.41, 5.74) is 2.72. The number of aromatic nitrogens is 4. The molecule has 17 heavy (non-hydrogen) atoms. The minimum absolute atomic E-state index is 0.224. The zero-order valence-electron chi connectivity index (χ0n) is 8.66. The number of fused-ring (bicyclic) bond motifs is 3. The third kappa shape index (κ3) is 1.12. The second-order valence-electron chi connectivity index (χ2n) is 3.50. The fourth-order valence-electron chi connectivity index (χ4n) is 1.82. The van der Waals surface area contributed by atoms with Crippen LogP contribution in [0.1, 0.15) is 0 Å². The van der Waals surface area contributed by atoms with E-state index in [0.29, 0.717) is 16.9 Å². The van der Waals surface area contributed by atoms with Crippen LogP contribution >= 0.6 is 0 Å². The molecule has 3 rings (SSSR count). The van der Waals surface area contributed by atoms with Crippen molar-refractivity contribution in [3.05, 3.63) is 34.6 Å². The van der Waals surface area contributed by atoms with Gasteiger partial charge in [0.15, 0.2) is 0 Å². The van der Waals surface area contributed by atoms with Crippen molar-refractivity contribution in [2.24, 2.45) is 5.84 Å². The van der Waals surface area contributed by atoms with Gasteiger partial charge in [-0.3, -0.25) is 10.2 Å². The van der Waals surface area contributed by atoms with Gasteiger partial charge in [-0.15, -0.1) is 10.2 Å². The summed E-state index contributed by atoms with van der Waals surface area (Å²) >= 11 is 0. The topological polar surface area (TPSA) is 116 Å². The highest BCUT2D eigenvalue weighted by atomic mass is 16.1. The number of hydrazine groups is 1. The van der Waals surface area contributed by atoms with Crippen molar-refractivity contribution in [1.82, 2.24) is 19.3 Å². The molecule has 0 aliphatic heterocycles. The van der Waals surface area contributed by atoms with E-state index in [1.165, 1.54) is 0 Å². The van der Waals surface area contributed by atoms with Gasteiger partial charge in [-0.1, -0.05) is 12.1 Å². The van der Waals surface area contributed by atoms with Crippen LogP contribution in [0.25, 0.3) is 16.7 Å². The van der Waals surface area contributed by atoms with Crippen LogP contribution in [0.5, 0.6) is 0 Å². The first-order valence-electron chi connectivity index (χ1n) is 4.84. The molecule has 0 saturated carbocycles. The molecular weight excluding hydrogens is 222 g/mol. The molecule has 8 nitrogen and oxygen atoms in total. The number of hydrogen-bond donors (Lipinski definition) is 3. The van der Waals surface area contributed by atoms with Gasteiger partial charge in [0.2, 0.25) is 5.95 Å². The summed E-state index contributed by atoms with van der Waals surface area (Å²) in [7, 11) is 0. The summed E-state index contributed by atoms with van der Waals surface area (Å²) in [6.45, 7) is 0. The molecule has 0 atom stereocenters. The second kappa shape index (κ2) is 3.19. The molecule has 0 aliphatic carbocycles. The highest BCUT2D eigenvalue weighted by Crippen LogP contribution is 2.14. The Labute approximate surface area is 94.4 Å². The van der Waals surface area contributed by atoms with Gasteiger partial charge in [0.1, 0.15) is 0 Å². The first kappa shape index (κ1) is 9.60. The third-order valence-electron chi connectivity index (χ3n) is 2.58. The fourth-order valence-corrected chi connectivity index (χ4v) is 1.82. The maximum absolute atomic E-state index is 11.9. The van der Waals surface area contributed by atoms with Crippen LogP contribution in [0.15, 0.2) is 29.1 Å². The first-order valence-corrected chi connectivity index (χ1v) is 4.84.